The van der Waals surface area contributed by atoms with Crippen LogP contribution in [0.3, 0.4) is 0 Å². The van der Waals surface area contributed by atoms with Gasteiger partial charge in [-0.15, -0.1) is 0 Å². The Morgan fingerprint density at radius 1 is 1.67 bits per heavy atom. The molecule has 0 saturated carbocycles. The van der Waals surface area contributed by atoms with Crippen LogP contribution in [-0.2, 0) is 0 Å². The molecule has 0 unspecified atom stereocenters. The number of aromatic amines is 1. The molecular weight excluding hydrogens is 196 g/mol. The second-order valence-electron chi connectivity index (χ2n) is 4.42. The van der Waals surface area contributed by atoms with E-state index in [1.54, 1.807) is 0 Å². The Morgan fingerprint density at radius 3 is 2.93 bits per heavy atom. The number of H-pyrrole nitrogens is 1. The van der Waals surface area contributed by atoms with E-state index in [1.807, 2.05) is 25.8 Å². The molecule has 0 amide bonds. The second kappa shape index (κ2) is 2.92. The average molecular weight is 210 g/mol. The summed E-state index contributed by atoms with van der Waals surface area (Å²) in [6.45, 7) is 4.67. The van der Waals surface area contributed by atoms with Gasteiger partial charge in [0.1, 0.15) is 17.1 Å². The Hall–Kier alpha value is -1.65. The molecule has 5 heteroatoms. The van der Waals surface area contributed by atoms with Crippen LogP contribution >= 0.6 is 0 Å². The standard InChI is InChI=1S/C10H14N2O3/c1-10(2)5-12(3)8-7(15-10)4-6(11-8)9(13)14/h4,11H,5H2,1-3H3,(H,13,14). The molecule has 2 N–H and O–H groups in total. The largest absolute Gasteiger partial charge is 0.482 e. The summed E-state index contributed by atoms with van der Waals surface area (Å²) >= 11 is 0. The Kier molecular flexibility index (Phi) is 1.92. The molecule has 1 aromatic rings. The first-order valence-corrected chi connectivity index (χ1v) is 4.75. The van der Waals surface area contributed by atoms with E-state index in [-0.39, 0.29) is 11.3 Å². The van der Waals surface area contributed by atoms with E-state index in [1.165, 1.54) is 6.07 Å². The molecule has 1 aliphatic rings. The topological polar surface area (TPSA) is 65.6 Å². The summed E-state index contributed by atoms with van der Waals surface area (Å²) in [5.74, 6) is 0.358. The third-order valence-electron chi connectivity index (χ3n) is 2.38. The minimum atomic E-state index is -0.973. The Bertz CT molecular complexity index is 409. The highest BCUT2D eigenvalue weighted by Gasteiger charge is 2.32. The summed E-state index contributed by atoms with van der Waals surface area (Å²) in [6.07, 6.45) is 0. The molecule has 0 radical (unpaired) electrons. The van der Waals surface area contributed by atoms with Gasteiger partial charge in [-0.3, -0.25) is 0 Å². The molecule has 0 bridgehead atoms. The van der Waals surface area contributed by atoms with Gasteiger partial charge in [-0.2, -0.15) is 0 Å². The highest BCUT2D eigenvalue weighted by molar-refractivity contribution is 5.88. The van der Waals surface area contributed by atoms with Crippen molar-refractivity contribution < 1.29 is 14.6 Å². The number of anilines is 1. The van der Waals surface area contributed by atoms with Crippen LogP contribution in [0.2, 0.25) is 0 Å². The van der Waals surface area contributed by atoms with Crippen LogP contribution in [-0.4, -0.2) is 35.3 Å². The lowest BCUT2D eigenvalue weighted by atomic mass is 10.1. The fourth-order valence-electron chi connectivity index (χ4n) is 1.88. The normalized spacial score (nSPS) is 18.2. The zero-order valence-corrected chi connectivity index (χ0v) is 9.00. The van der Waals surface area contributed by atoms with Crippen LogP contribution in [0.5, 0.6) is 5.75 Å². The molecule has 5 nitrogen and oxygen atoms in total. The maximum Gasteiger partial charge on any atom is 0.352 e. The number of nitrogens with zero attached hydrogens (tertiary/aromatic N) is 1. The summed E-state index contributed by atoms with van der Waals surface area (Å²) in [5, 5.41) is 8.85. The monoisotopic (exact) mass is 210 g/mol. The fraction of sp³-hybridized carbons (Fsp3) is 0.500. The lowest BCUT2D eigenvalue weighted by molar-refractivity contribution is 0.0690. The lowest BCUT2D eigenvalue weighted by Crippen LogP contribution is -2.45. The molecule has 2 heterocycles. The number of likely N-dealkylation sites (N-methyl/N-ethyl adjacent to an activating group) is 1. The quantitative estimate of drug-likeness (QED) is 0.733. The minimum absolute atomic E-state index is 0.157. The van der Waals surface area contributed by atoms with Crippen LogP contribution < -0.4 is 9.64 Å². The van der Waals surface area contributed by atoms with Crippen molar-refractivity contribution in [2.75, 3.05) is 18.5 Å². The molecular formula is C10H14N2O3. The fourth-order valence-corrected chi connectivity index (χ4v) is 1.88. The van der Waals surface area contributed by atoms with Gasteiger partial charge in [0, 0.05) is 13.1 Å². The van der Waals surface area contributed by atoms with Gasteiger partial charge in [0.25, 0.3) is 0 Å². The van der Waals surface area contributed by atoms with Crippen molar-refractivity contribution in [2.45, 2.75) is 19.4 Å². The molecule has 1 aromatic heterocycles. The Labute approximate surface area is 87.7 Å². The number of carboxylic acids is 1. The molecule has 0 spiro atoms. The summed E-state index contributed by atoms with van der Waals surface area (Å²) in [7, 11) is 1.91. The SMILES string of the molecule is CN1CC(C)(C)Oc2cc(C(=O)O)[nH]c21. The van der Waals surface area contributed by atoms with E-state index in [0.717, 1.165) is 12.4 Å². The number of nitrogens with one attached hydrogen (secondary N) is 1. The number of carboxylic acid groups (broad SMARTS) is 1. The predicted molar refractivity (Wildman–Crippen MR) is 55.7 cm³/mol. The molecule has 15 heavy (non-hydrogen) atoms. The van der Waals surface area contributed by atoms with Gasteiger partial charge >= 0.3 is 5.97 Å². The van der Waals surface area contributed by atoms with Crippen molar-refractivity contribution >= 4 is 11.8 Å². The van der Waals surface area contributed by atoms with Crippen LogP contribution in [0, 0.1) is 0 Å². The summed E-state index contributed by atoms with van der Waals surface area (Å²) in [4.78, 5) is 15.6. The highest BCUT2D eigenvalue weighted by atomic mass is 16.5. The maximum atomic E-state index is 10.8. The molecule has 0 fully saturated rings. The van der Waals surface area contributed by atoms with Crippen LogP contribution in [0.1, 0.15) is 24.3 Å². The smallest absolute Gasteiger partial charge is 0.352 e. The second-order valence-corrected chi connectivity index (χ2v) is 4.42. The van der Waals surface area contributed by atoms with E-state index < -0.39 is 5.97 Å². The van der Waals surface area contributed by atoms with E-state index in [2.05, 4.69) is 4.98 Å². The van der Waals surface area contributed by atoms with Crippen molar-refractivity contribution in [3.05, 3.63) is 11.8 Å². The third kappa shape index (κ3) is 1.65. The zero-order valence-electron chi connectivity index (χ0n) is 9.00. The zero-order chi connectivity index (χ0) is 11.2. The lowest BCUT2D eigenvalue weighted by Gasteiger charge is -2.36. The van der Waals surface area contributed by atoms with Gasteiger partial charge in [-0.25, -0.2) is 4.79 Å². The van der Waals surface area contributed by atoms with Gasteiger partial charge < -0.3 is 19.7 Å². The third-order valence-corrected chi connectivity index (χ3v) is 2.38. The predicted octanol–water partition coefficient (Wildman–Crippen LogP) is 1.32. The first-order valence-electron chi connectivity index (χ1n) is 4.75. The Balaban J connectivity index is 2.42. The van der Waals surface area contributed by atoms with Crippen LogP contribution in [0.4, 0.5) is 5.82 Å². The summed E-state index contributed by atoms with van der Waals surface area (Å²) in [6, 6.07) is 1.52. The molecule has 1 aliphatic heterocycles. The van der Waals surface area contributed by atoms with E-state index in [9.17, 15) is 4.79 Å². The first kappa shape index (κ1) is 9.89. The van der Waals surface area contributed by atoms with Gasteiger partial charge in [0.15, 0.2) is 5.75 Å². The molecule has 0 aliphatic carbocycles. The highest BCUT2D eigenvalue weighted by Crippen LogP contribution is 2.36. The van der Waals surface area contributed by atoms with Gasteiger partial charge in [-0.05, 0) is 13.8 Å². The number of fused-ring (bicyclic) bond motifs is 1. The van der Waals surface area contributed by atoms with E-state index >= 15 is 0 Å². The number of rotatable bonds is 1. The van der Waals surface area contributed by atoms with Gasteiger partial charge in [-0.1, -0.05) is 0 Å². The van der Waals surface area contributed by atoms with Gasteiger partial charge in [0.05, 0.1) is 6.54 Å². The van der Waals surface area contributed by atoms with E-state index in [0.29, 0.717) is 5.75 Å². The van der Waals surface area contributed by atoms with Crippen molar-refractivity contribution in [3.8, 4) is 5.75 Å². The Morgan fingerprint density at radius 2 is 2.33 bits per heavy atom. The number of aromatic carboxylic acids is 1. The maximum absolute atomic E-state index is 10.8. The van der Waals surface area contributed by atoms with E-state index in [4.69, 9.17) is 9.84 Å². The van der Waals surface area contributed by atoms with Crippen LogP contribution in [0.25, 0.3) is 0 Å². The average Bonchev–Trinajstić information content (AvgIpc) is 2.45. The van der Waals surface area contributed by atoms with Crippen LogP contribution in [0.15, 0.2) is 6.07 Å². The number of aromatic nitrogens is 1. The molecule has 0 aromatic carbocycles. The van der Waals surface area contributed by atoms with Crippen molar-refractivity contribution in [3.63, 3.8) is 0 Å². The van der Waals surface area contributed by atoms with Gasteiger partial charge in [0.2, 0.25) is 0 Å². The first-order chi connectivity index (χ1) is 6.89. The number of hydrogen-bond acceptors (Lipinski definition) is 3. The minimum Gasteiger partial charge on any atom is -0.482 e. The number of ether oxygens (including phenoxy) is 1. The molecule has 82 valence electrons. The summed E-state index contributed by atoms with van der Waals surface area (Å²) < 4.78 is 5.68. The summed E-state index contributed by atoms with van der Waals surface area (Å²) in [5.41, 5.74) is -0.135. The van der Waals surface area contributed by atoms with Crippen molar-refractivity contribution in [1.82, 2.24) is 4.98 Å². The number of hydrogen-bond donors (Lipinski definition) is 2. The van der Waals surface area contributed by atoms with Crippen molar-refractivity contribution in [2.24, 2.45) is 0 Å². The van der Waals surface area contributed by atoms with Crippen molar-refractivity contribution in [1.29, 1.82) is 0 Å². The molecule has 0 saturated heterocycles. The number of carbonyl (C=O) groups is 1. The molecule has 2 rings (SSSR count). The molecule has 0 atom stereocenters.